The molecule has 0 fully saturated rings. The number of H-pyrrole nitrogens is 1. The van der Waals surface area contributed by atoms with E-state index in [2.05, 4.69) is 35.3 Å². The summed E-state index contributed by atoms with van der Waals surface area (Å²) in [5.41, 5.74) is 9.31. The normalized spacial score (nSPS) is 10.4. The van der Waals surface area contributed by atoms with Crippen molar-refractivity contribution in [1.29, 1.82) is 0 Å². The zero-order valence-corrected chi connectivity index (χ0v) is 8.03. The average molecular weight is 186 g/mol. The third-order valence-corrected chi connectivity index (χ3v) is 2.28. The summed E-state index contributed by atoms with van der Waals surface area (Å²) in [5, 5.41) is 0. The maximum absolute atomic E-state index is 5.58. The van der Waals surface area contributed by atoms with Crippen LogP contribution in [0.1, 0.15) is 16.8 Å². The first kappa shape index (κ1) is 9.03. The molecule has 2 aromatic rings. The van der Waals surface area contributed by atoms with Crippen LogP contribution in [0.4, 0.5) is 0 Å². The minimum absolute atomic E-state index is 0.610. The molecule has 2 rings (SSSR count). The second-order valence-corrected chi connectivity index (χ2v) is 3.40. The molecule has 0 aliphatic carbocycles. The Balaban J connectivity index is 2.17. The Morgan fingerprint density at radius 1 is 1.07 bits per heavy atom. The molecule has 1 heterocycles. The maximum atomic E-state index is 5.58. The summed E-state index contributed by atoms with van der Waals surface area (Å²) in [6, 6.07) is 12.5. The maximum Gasteiger partial charge on any atom is 0.0191 e. The topological polar surface area (TPSA) is 41.8 Å². The lowest BCUT2D eigenvalue weighted by Gasteiger charge is -2.02. The molecule has 0 unspecified atom stereocenters. The molecule has 0 saturated carbocycles. The molecule has 0 saturated heterocycles. The highest BCUT2D eigenvalue weighted by Crippen LogP contribution is 2.09. The molecule has 1 aromatic carbocycles. The van der Waals surface area contributed by atoms with E-state index < -0.39 is 0 Å². The summed E-state index contributed by atoms with van der Waals surface area (Å²) in [7, 11) is 0. The lowest BCUT2D eigenvalue weighted by Crippen LogP contribution is -1.97. The van der Waals surface area contributed by atoms with Gasteiger partial charge in [-0.15, -0.1) is 0 Å². The van der Waals surface area contributed by atoms with Gasteiger partial charge in [-0.3, -0.25) is 0 Å². The Hall–Kier alpha value is -1.54. The van der Waals surface area contributed by atoms with E-state index in [0.29, 0.717) is 6.54 Å². The number of hydrogen-bond acceptors (Lipinski definition) is 1. The predicted octanol–water partition coefficient (Wildman–Crippen LogP) is 2.06. The number of nitrogens with one attached hydrogen (secondary N) is 1. The van der Waals surface area contributed by atoms with Crippen LogP contribution in [0.25, 0.3) is 0 Å². The second-order valence-electron chi connectivity index (χ2n) is 3.40. The van der Waals surface area contributed by atoms with Crippen molar-refractivity contribution in [2.75, 3.05) is 0 Å². The predicted molar refractivity (Wildman–Crippen MR) is 57.9 cm³/mol. The van der Waals surface area contributed by atoms with Crippen molar-refractivity contribution < 1.29 is 0 Å². The standard InChI is InChI=1S/C12H14N2/c13-9-11-4-1-3-10(7-11)8-12-5-2-6-14-12/h1-7,14H,8-9,13H2. The molecule has 1 aromatic heterocycles. The van der Waals surface area contributed by atoms with Crippen LogP contribution in [0.15, 0.2) is 42.6 Å². The van der Waals surface area contributed by atoms with E-state index in [1.807, 2.05) is 12.3 Å². The molecular weight excluding hydrogens is 172 g/mol. The van der Waals surface area contributed by atoms with Gasteiger partial charge in [0, 0.05) is 24.9 Å². The number of aromatic nitrogens is 1. The Bertz CT molecular complexity index is 390. The van der Waals surface area contributed by atoms with E-state index in [9.17, 15) is 0 Å². The van der Waals surface area contributed by atoms with E-state index in [1.54, 1.807) is 0 Å². The first-order valence-electron chi connectivity index (χ1n) is 4.78. The zero-order chi connectivity index (χ0) is 9.80. The molecule has 0 atom stereocenters. The first-order chi connectivity index (χ1) is 6.88. The zero-order valence-electron chi connectivity index (χ0n) is 8.03. The number of rotatable bonds is 3. The van der Waals surface area contributed by atoms with Crippen molar-refractivity contribution in [1.82, 2.24) is 4.98 Å². The summed E-state index contributed by atoms with van der Waals surface area (Å²) < 4.78 is 0. The second kappa shape index (κ2) is 4.11. The molecule has 14 heavy (non-hydrogen) atoms. The Morgan fingerprint density at radius 2 is 1.93 bits per heavy atom. The van der Waals surface area contributed by atoms with Gasteiger partial charge < -0.3 is 10.7 Å². The highest BCUT2D eigenvalue weighted by molar-refractivity contribution is 5.27. The molecule has 0 spiro atoms. The summed E-state index contributed by atoms with van der Waals surface area (Å²) in [4.78, 5) is 3.19. The van der Waals surface area contributed by atoms with Gasteiger partial charge in [0.2, 0.25) is 0 Å². The average Bonchev–Trinajstić information content (AvgIpc) is 2.71. The fourth-order valence-electron chi connectivity index (χ4n) is 1.56. The van der Waals surface area contributed by atoms with Crippen LogP contribution in [0.2, 0.25) is 0 Å². The van der Waals surface area contributed by atoms with Crippen LogP contribution in [0.5, 0.6) is 0 Å². The largest absolute Gasteiger partial charge is 0.365 e. The fraction of sp³-hybridized carbons (Fsp3) is 0.167. The van der Waals surface area contributed by atoms with Crippen LogP contribution in [-0.4, -0.2) is 4.98 Å². The van der Waals surface area contributed by atoms with E-state index in [4.69, 9.17) is 5.73 Å². The van der Waals surface area contributed by atoms with E-state index in [-0.39, 0.29) is 0 Å². The summed E-state index contributed by atoms with van der Waals surface area (Å²) in [6.07, 6.45) is 2.89. The van der Waals surface area contributed by atoms with Crippen LogP contribution in [-0.2, 0) is 13.0 Å². The minimum atomic E-state index is 0.610. The van der Waals surface area contributed by atoms with Crippen molar-refractivity contribution in [2.45, 2.75) is 13.0 Å². The quantitative estimate of drug-likeness (QED) is 0.757. The molecule has 0 aliphatic rings. The van der Waals surface area contributed by atoms with Gasteiger partial charge in [-0.25, -0.2) is 0 Å². The van der Waals surface area contributed by atoms with Crippen LogP contribution in [0, 0.1) is 0 Å². The molecule has 72 valence electrons. The molecule has 2 nitrogen and oxygen atoms in total. The van der Waals surface area contributed by atoms with Gasteiger partial charge in [0.25, 0.3) is 0 Å². The SMILES string of the molecule is NCc1cccc(Cc2ccc[nH]2)c1. The smallest absolute Gasteiger partial charge is 0.0191 e. The highest BCUT2D eigenvalue weighted by atomic mass is 14.7. The minimum Gasteiger partial charge on any atom is -0.365 e. The Labute approximate surface area is 83.8 Å². The number of aromatic amines is 1. The van der Waals surface area contributed by atoms with Crippen molar-refractivity contribution in [3.8, 4) is 0 Å². The van der Waals surface area contributed by atoms with Gasteiger partial charge in [0.15, 0.2) is 0 Å². The van der Waals surface area contributed by atoms with Gasteiger partial charge in [-0.2, -0.15) is 0 Å². The van der Waals surface area contributed by atoms with Gasteiger partial charge >= 0.3 is 0 Å². The van der Waals surface area contributed by atoms with E-state index in [0.717, 1.165) is 6.42 Å². The van der Waals surface area contributed by atoms with Crippen LogP contribution < -0.4 is 5.73 Å². The van der Waals surface area contributed by atoms with Gasteiger partial charge in [0.05, 0.1) is 0 Å². The summed E-state index contributed by atoms with van der Waals surface area (Å²) in [5.74, 6) is 0. The lowest BCUT2D eigenvalue weighted by atomic mass is 10.1. The van der Waals surface area contributed by atoms with Gasteiger partial charge in [-0.05, 0) is 23.3 Å². The van der Waals surface area contributed by atoms with Crippen molar-refractivity contribution in [2.24, 2.45) is 5.73 Å². The number of hydrogen-bond donors (Lipinski definition) is 2. The molecule has 0 radical (unpaired) electrons. The van der Waals surface area contributed by atoms with Gasteiger partial charge in [-0.1, -0.05) is 24.3 Å². The van der Waals surface area contributed by atoms with Crippen molar-refractivity contribution in [3.63, 3.8) is 0 Å². The first-order valence-corrected chi connectivity index (χ1v) is 4.78. The molecule has 2 heteroatoms. The molecule has 0 bridgehead atoms. The van der Waals surface area contributed by atoms with Gasteiger partial charge in [0.1, 0.15) is 0 Å². The number of nitrogens with two attached hydrogens (primary N) is 1. The summed E-state index contributed by atoms with van der Waals surface area (Å²) >= 11 is 0. The van der Waals surface area contributed by atoms with E-state index >= 15 is 0 Å². The summed E-state index contributed by atoms with van der Waals surface area (Å²) in [6.45, 7) is 0.610. The van der Waals surface area contributed by atoms with Crippen molar-refractivity contribution in [3.05, 3.63) is 59.4 Å². The molecule has 3 N–H and O–H groups in total. The fourth-order valence-corrected chi connectivity index (χ4v) is 1.56. The monoisotopic (exact) mass is 186 g/mol. The highest BCUT2D eigenvalue weighted by Gasteiger charge is 1.97. The third-order valence-electron chi connectivity index (χ3n) is 2.28. The Kier molecular flexibility index (Phi) is 2.65. The van der Waals surface area contributed by atoms with Crippen LogP contribution >= 0.6 is 0 Å². The molecule has 0 aliphatic heterocycles. The van der Waals surface area contributed by atoms with E-state index in [1.165, 1.54) is 16.8 Å². The van der Waals surface area contributed by atoms with Crippen molar-refractivity contribution >= 4 is 0 Å². The number of benzene rings is 1. The third kappa shape index (κ3) is 2.03. The molecule has 0 amide bonds. The molecular formula is C12H14N2. The van der Waals surface area contributed by atoms with Crippen LogP contribution in [0.3, 0.4) is 0 Å². The lowest BCUT2D eigenvalue weighted by molar-refractivity contribution is 1.04. The Morgan fingerprint density at radius 3 is 2.64 bits per heavy atom.